The summed E-state index contributed by atoms with van der Waals surface area (Å²) in [7, 11) is 0. The van der Waals surface area contributed by atoms with Crippen molar-refractivity contribution < 1.29 is 18.3 Å². The molecule has 0 aliphatic carbocycles. The quantitative estimate of drug-likeness (QED) is 0.223. The molecule has 0 atom stereocenters. The van der Waals surface area contributed by atoms with Crippen LogP contribution in [-0.2, 0) is 0 Å². The number of hydrogen-bond donors (Lipinski definition) is 0. The summed E-state index contributed by atoms with van der Waals surface area (Å²) >= 11 is 0. The standard InChI is InChI=1S/C37H22O4/c1-3-9-32-26(6-1)27-15-12-23(20-36(27)41-32)22-13-16-28-30-18-24(14-17-31(30)38-21-39-35(28)19-22)25-8-5-11-34-37(25)29-7-2-4-10-33(29)40-34/h1-20H,21H2. The van der Waals surface area contributed by atoms with Crippen LogP contribution in [0.2, 0.25) is 0 Å². The predicted molar refractivity (Wildman–Crippen MR) is 163 cm³/mol. The Morgan fingerprint density at radius 1 is 0.390 bits per heavy atom. The normalized spacial score (nSPS) is 12.7. The minimum Gasteiger partial charge on any atom is -0.457 e. The molecular weight excluding hydrogens is 508 g/mol. The van der Waals surface area contributed by atoms with Crippen molar-refractivity contribution in [3.8, 4) is 44.9 Å². The zero-order valence-electron chi connectivity index (χ0n) is 21.9. The van der Waals surface area contributed by atoms with Crippen LogP contribution < -0.4 is 9.47 Å². The molecule has 9 rings (SSSR count). The van der Waals surface area contributed by atoms with Gasteiger partial charge in [0.15, 0.2) is 0 Å². The zero-order chi connectivity index (χ0) is 26.9. The van der Waals surface area contributed by atoms with Gasteiger partial charge < -0.3 is 18.3 Å². The van der Waals surface area contributed by atoms with Gasteiger partial charge in [0.2, 0.25) is 6.79 Å². The van der Waals surface area contributed by atoms with Gasteiger partial charge >= 0.3 is 0 Å². The third-order valence-electron chi connectivity index (χ3n) is 8.11. The van der Waals surface area contributed by atoms with E-state index in [4.69, 9.17) is 18.3 Å². The Bertz CT molecular complexity index is 2300. The van der Waals surface area contributed by atoms with Crippen molar-refractivity contribution in [1.29, 1.82) is 0 Å². The molecule has 4 nitrogen and oxygen atoms in total. The van der Waals surface area contributed by atoms with Crippen LogP contribution in [0, 0.1) is 0 Å². The average molecular weight is 531 g/mol. The van der Waals surface area contributed by atoms with Crippen LogP contribution in [0.4, 0.5) is 0 Å². The summed E-state index contributed by atoms with van der Waals surface area (Å²) in [5.74, 6) is 1.59. The lowest BCUT2D eigenvalue weighted by atomic mass is 9.93. The number of fused-ring (bicyclic) bond motifs is 9. The van der Waals surface area contributed by atoms with Crippen molar-refractivity contribution >= 4 is 43.9 Å². The Hall–Kier alpha value is -5.48. The van der Waals surface area contributed by atoms with E-state index in [0.29, 0.717) is 0 Å². The van der Waals surface area contributed by atoms with Crippen LogP contribution >= 0.6 is 0 Å². The molecule has 0 amide bonds. The van der Waals surface area contributed by atoms with E-state index >= 15 is 0 Å². The number of furan rings is 2. The molecule has 6 aromatic carbocycles. The van der Waals surface area contributed by atoms with Gasteiger partial charge in [-0.05, 0) is 76.9 Å². The van der Waals surface area contributed by atoms with Gasteiger partial charge in [0.25, 0.3) is 0 Å². The van der Waals surface area contributed by atoms with Crippen LogP contribution in [0.3, 0.4) is 0 Å². The highest BCUT2D eigenvalue weighted by molar-refractivity contribution is 6.12. The van der Waals surface area contributed by atoms with Gasteiger partial charge in [-0.1, -0.05) is 66.7 Å². The molecule has 0 fully saturated rings. The summed E-state index contributed by atoms with van der Waals surface area (Å²) < 4.78 is 24.5. The minimum absolute atomic E-state index is 0.146. The molecule has 0 N–H and O–H groups in total. The molecule has 8 aromatic rings. The summed E-state index contributed by atoms with van der Waals surface area (Å²) in [6.45, 7) is 0.146. The maximum Gasteiger partial charge on any atom is 0.230 e. The molecule has 4 heteroatoms. The first-order chi connectivity index (χ1) is 20.3. The molecule has 0 saturated heterocycles. The van der Waals surface area contributed by atoms with Crippen molar-refractivity contribution in [2.45, 2.75) is 0 Å². The fourth-order valence-corrected chi connectivity index (χ4v) is 6.15. The molecule has 0 unspecified atom stereocenters. The van der Waals surface area contributed by atoms with Crippen LogP contribution in [0.15, 0.2) is 130 Å². The van der Waals surface area contributed by atoms with Crippen molar-refractivity contribution in [2.24, 2.45) is 0 Å². The topological polar surface area (TPSA) is 44.7 Å². The highest BCUT2D eigenvalue weighted by Gasteiger charge is 2.20. The van der Waals surface area contributed by atoms with Gasteiger partial charge in [-0.15, -0.1) is 0 Å². The summed E-state index contributed by atoms with van der Waals surface area (Å²) in [6.07, 6.45) is 0. The number of benzene rings is 6. The summed E-state index contributed by atoms with van der Waals surface area (Å²) in [4.78, 5) is 0. The number of para-hydroxylation sites is 2. The maximum absolute atomic E-state index is 6.15. The van der Waals surface area contributed by atoms with Gasteiger partial charge in [-0.25, -0.2) is 0 Å². The second kappa shape index (κ2) is 8.51. The van der Waals surface area contributed by atoms with E-state index in [1.807, 2.05) is 48.5 Å². The van der Waals surface area contributed by atoms with Crippen molar-refractivity contribution in [3.05, 3.63) is 121 Å². The van der Waals surface area contributed by atoms with Crippen LogP contribution in [-0.4, -0.2) is 6.79 Å². The van der Waals surface area contributed by atoms with Gasteiger partial charge in [0, 0.05) is 32.7 Å². The molecule has 0 spiro atoms. The monoisotopic (exact) mass is 530 g/mol. The first-order valence-corrected chi connectivity index (χ1v) is 13.7. The number of rotatable bonds is 2. The molecule has 41 heavy (non-hydrogen) atoms. The Balaban J connectivity index is 1.17. The lowest BCUT2D eigenvalue weighted by Crippen LogP contribution is -2.03. The molecule has 0 bridgehead atoms. The van der Waals surface area contributed by atoms with Crippen LogP contribution in [0.25, 0.3) is 77.3 Å². The minimum atomic E-state index is 0.146. The second-order valence-corrected chi connectivity index (χ2v) is 10.4. The van der Waals surface area contributed by atoms with E-state index in [-0.39, 0.29) is 6.79 Å². The van der Waals surface area contributed by atoms with E-state index < -0.39 is 0 Å². The van der Waals surface area contributed by atoms with Gasteiger partial charge in [-0.3, -0.25) is 0 Å². The Kier molecular flexibility index (Phi) is 4.64. The maximum atomic E-state index is 6.15. The smallest absolute Gasteiger partial charge is 0.230 e. The second-order valence-electron chi connectivity index (χ2n) is 10.4. The molecule has 194 valence electrons. The van der Waals surface area contributed by atoms with E-state index in [1.54, 1.807) is 0 Å². The molecule has 0 radical (unpaired) electrons. The summed E-state index contributed by atoms with van der Waals surface area (Å²) in [6, 6.07) is 41.6. The Labute approximate surface area is 235 Å². The van der Waals surface area contributed by atoms with Crippen molar-refractivity contribution in [1.82, 2.24) is 0 Å². The van der Waals surface area contributed by atoms with E-state index in [9.17, 15) is 0 Å². The molecule has 1 aliphatic rings. The van der Waals surface area contributed by atoms with Crippen molar-refractivity contribution in [2.75, 3.05) is 6.79 Å². The van der Waals surface area contributed by atoms with Crippen LogP contribution in [0.5, 0.6) is 11.5 Å². The summed E-state index contributed by atoms with van der Waals surface area (Å²) in [5.41, 5.74) is 9.88. The molecule has 0 saturated carbocycles. The van der Waals surface area contributed by atoms with Gasteiger partial charge in [0.1, 0.15) is 33.8 Å². The highest BCUT2D eigenvalue weighted by Crippen LogP contribution is 2.45. The number of hydrogen-bond acceptors (Lipinski definition) is 4. The molecule has 1 aliphatic heterocycles. The largest absolute Gasteiger partial charge is 0.457 e. The first kappa shape index (κ1) is 22.3. The number of ether oxygens (including phenoxy) is 2. The van der Waals surface area contributed by atoms with E-state index in [0.717, 1.165) is 88.8 Å². The Morgan fingerprint density at radius 2 is 1.07 bits per heavy atom. The fraction of sp³-hybridized carbons (Fsp3) is 0.0270. The van der Waals surface area contributed by atoms with E-state index in [2.05, 4.69) is 72.8 Å². The molecule has 2 aromatic heterocycles. The lowest BCUT2D eigenvalue weighted by molar-refractivity contribution is 0.125. The summed E-state index contributed by atoms with van der Waals surface area (Å²) in [5, 5.41) is 4.47. The average Bonchev–Trinajstić information content (AvgIpc) is 3.53. The third kappa shape index (κ3) is 3.41. The SMILES string of the molecule is c1ccc2c(c1)oc1cc(-c3ccc4c(c3)OCOc3ccc(-c5cccc6oc7ccccc7c56)cc3-4)ccc12. The Morgan fingerprint density at radius 3 is 2.00 bits per heavy atom. The zero-order valence-corrected chi connectivity index (χ0v) is 21.9. The highest BCUT2D eigenvalue weighted by atomic mass is 16.7. The fourth-order valence-electron chi connectivity index (χ4n) is 6.15. The predicted octanol–water partition coefficient (Wildman–Crippen LogP) is 10.2. The van der Waals surface area contributed by atoms with Gasteiger partial charge in [0.05, 0.1) is 0 Å². The third-order valence-corrected chi connectivity index (χ3v) is 8.11. The first-order valence-electron chi connectivity index (χ1n) is 13.7. The molecular formula is C37H22O4. The van der Waals surface area contributed by atoms with E-state index in [1.165, 1.54) is 0 Å². The molecule has 3 heterocycles. The van der Waals surface area contributed by atoms with Crippen LogP contribution in [0.1, 0.15) is 0 Å². The van der Waals surface area contributed by atoms with Crippen molar-refractivity contribution in [3.63, 3.8) is 0 Å². The lowest BCUT2D eigenvalue weighted by Gasteiger charge is -2.12. The van der Waals surface area contributed by atoms with Gasteiger partial charge in [-0.2, -0.15) is 0 Å².